The summed E-state index contributed by atoms with van der Waals surface area (Å²) >= 11 is 6.10. The standard InChI is InChI=1S/C17H19ClN4O/c1-12-14(11-20-17(21-12)22-8-4-5-9-22)16(23)19-10-13-6-2-3-7-15(13)18/h2-3,6-7,11H,4-5,8-10H2,1H3,(H,19,23). The topological polar surface area (TPSA) is 58.1 Å². The van der Waals surface area contributed by atoms with Crippen molar-refractivity contribution < 1.29 is 4.79 Å². The fourth-order valence-corrected chi connectivity index (χ4v) is 2.86. The van der Waals surface area contributed by atoms with Gasteiger partial charge < -0.3 is 10.2 Å². The molecule has 3 rings (SSSR count). The monoisotopic (exact) mass is 330 g/mol. The largest absolute Gasteiger partial charge is 0.348 e. The Morgan fingerprint density at radius 2 is 2.04 bits per heavy atom. The zero-order valence-electron chi connectivity index (χ0n) is 13.1. The van der Waals surface area contributed by atoms with Gasteiger partial charge in [0.15, 0.2) is 0 Å². The van der Waals surface area contributed by atoms with Gasteiger partial charge in [0.25, 0.3) is 5.91 Å². The smallest absolute Gasteiger partial charge is 0.254 e. The van der Waals surface area contributed by atoms with Crippen LogP contribution >= 0.6 is 11.6 Å². The van der Waals surface area contributed by atoms with Gasteiger partial charge in [-0.25, -0.2) is 9.97 Å². The van der Waals surface area contributed by atoms with Crippen LogP contribution in [0.25, 0.3) is 0 Å². The lowest BCUT2D eigenvalue weighted by Gasteiger charge is -2.16. The number of hydrogen-bond donors (Lipinski definition) is 1. The number of nitrogens with one attached hydrogen (secondary N) is 1. The van der Waals surface area contributed by atoms with E-state index in [1.165, 1.54) is 12.8 Å². The van der Waals surface area contributed by atoms with Gasteiger partial charge in [0.2, 0.25) is 5.95 Å². The molecule has 0 radical (unpaired) electrons. The molecule has 6 heteroatoms. The summed E-state index contributed by atoms with van der Waals surface area (Å²) in [5.41, 5.74) is 2.08. The molecule has 1 aromatic heterocycles. The molecule has 0 atom stereocenters. The first-order chi connectivity index (χ1) is 11.1. The second-order valence-electron chi connectivity index (χ2n) is 5.64. The highest BCUT2D eigenvalue weighted by molar-refractivity contribution is 6.31. The fourth-order valence-electron chi connectivity index (χ4n) is 2.66. The Morgan fingerprint density at radius 1 is 1.30 bits per heavy atom. The van der Waals surface area contributed by atoms with Gasteiger partial charge in [-0.05, 0) is 31.4 Å². The minimum atomic E-state index is -0.185. The number of benzene rings is 1. The maximum absolute atomic E-state index is 12.3. The van der Waals surface area contributed by atoms with Crippen molar-refractivity contribution in [3.63, 3.8) is 0 Å². The van der Waals surface area contributed by atoms with Crippen molar-refractivity contribution in [1.82, 2.24) is 15.3 Å². The molecule has 0 bridgehead atoms. The predicted molar refractivity (Wildman–Crippen MR) is 90.8 cm³/mol. The van der Waals surface area contributed by atoms with Crippen molar-refractivity contribution in [1.29, 1.82) is 0 Å². The molecule has 23 heavy (non-hydrogen) atoms. The van der Waals surface area contributed by atoms with Crippen molar-refractivity contribution >= 4 is 23.5 Å². The zero-order valence-corrected chi connectivity index (χ0v) is 13.8. The number of aryl methyl sites for hydroxylation is 1. The molecule has 0 aliphatic carbocycles. The van der Waals surface area contributed by atoms with Crippen molar-refractivity contribution in [2.75, 3.05) is 18.0 Å². The van der Waals surface area contributed by atoms with Gasteiger partial charge >= 0.3 is 0 Å². The van der Waals surface area contributed by atoms with E-state index in [0.29, 0.717) is 28.8 Å². The molecule has 0 saturated carbocycles. The molecule has 5 nitrogen and oxygen atoms in total. The van der Waals surface area contributed by atoms with E-state index in [-0.39, 0.29) is 5.91 Å². The van der Waals surface area contributed by atoms with Gasteiger partial charge in [0.1, 0.15) is 0 Å². The first kappa shape index (κ1) is 15.7. The summed E-state index contributed by atoms with van der Waals surface area (Å²) in [4.78, 5) is 23.3. The minimum absolute atomic E-state index is 0.185. The number of carbonyl (C=O) groups is 1. The Kier molecular flexibility index (Phi) is 4.76. The summed E-state index contributed by atoms with van der Waals surface area (Å²) in [5.74, 6) is 0.526. The minimum Gasteiger partial charge on any atom is -0.348 e. The van der Waals surface area contributed by atoms with E-state index < -0.39 is 0 Å². The van der Waals surface area contributed by atoms with Crippen LogP contribution in [-0.4, -0.2) is 29.0 Å². The number of carbonyl (C=O) groups excluding carboxylic acids is 1. The van der Waals surface area contributed by atoms with E-state index in [1.807, 2.05) is 31.2 Å². The highest BCUT2D eigenvalue weighted by atomic mass is 35.5. The van der Waals surface area contributed by atoms with Crippen molar-refractivity contribution in [2.24, 2.45) is 0 Å². The number of halogens is 1. The summed E-state index contributed by atoms with van der Waals surface area (Å²) in [6.07, 6.45) is 3.95. The van der Waals surface area contributed by atoms with Crippen LogP contribution in [0.4, 0.5) is 5.95 Å². The average Bonchev–Trinajstić information content (AvgIpc) is 3.08. The lowest BCUT2D eigenvalue weighted by molar-refractivity contribution is 0.0949. The summed E-state index contributed by atoms with van der Waals surface area (Å²) < 4.78 is 0. The number of aromatic nitrogens is 2. The molecular formula is C17H19ClN4O. The second-order valence-corrected chi connectivity index (χ2v) is 6.04. The molecule has 2 heterocycles. The third-order valence-corrected chi connectivity index (χ3v) is 4.37. The van der Waals surface area contributed by atoms with Crippen LogP contribution in [0.2, 0.25) is 5.02 Å². The molecule has 1 aliphatic heterocycles. The fraction of sp³-hybridized carbons (Fsp3) is 0.353. The molecule has 1 aromatic carbocycles. The lowest BCUT2D eigenvalue weighted by Crippen LogP contribution is -2.26. The van der Waals surface area contributed by atoms with E-state index in [2.05, 4.69) is 20.2 Å². The molecule has 2 aromatic rings. The third-order valence-electron chi connectivity index (χ3n) is 4.00. The molecule has 0 spiro atoms. The van der Waals surface area contributed by atoms with Crippen LogP contribution < -0.4 is 10.2 Å². The summed E-state index contributed by atoms with van der Waals surface area (Å²) in [6.45, 7) is 4.19. The van der Waals surface area contributed by atoms with Crippen LogP contribution in [0.3, 0.4) is 0 Å². The molecule has 1 N–H and O–H groups in total. The molecule has 1 amide bonds. The summed E-state index contributed by atoms with van der Waals surface area (Å²) in [6, 6.07) is 7.46. The van der Waals surface area contributed by atoms with Crippen molar-refractivity contribution in [3.05, 3.63) is 52.3 Å². The van der Waals surface area contributed by atoms with Gasteiger partial charge in [-0.3, -0.25) is 4.79 Å². The Bertz CT molecular complexity index is 713. The SMILES string of the molecule is Cc1nc(N2CCCC2)ncc1C(=O)NCc1ccccc1Cl. The number of amides is 1. The molecule has 1 saturated heterocycles. The average molecular weight is 331 g/mol. The predicted octanol–water partition coefficient (Wildman–Crippen LogP) is 2.97. The lowest BCUT2D eigenvalue weighted by atomic mass is 10.2. The van der Waals surface area contributed by atoms with E-state index in [9.17, 15) is 4.79 Å². The van der Waals surface area contributed by atoms with Crippen LogP contribution in [0, 0.1) is 6.92 Å². The number of nitrogens with zero attached hydrogens (tertiary/aromatic N) is 3. The van der Waals surface area contributed by atoms with Gasteiger partial charge in [0, 0.05) is 30.9 Å². The van der Waals surface area contributed by atoms with Crippen molar-refractivity contribution in [3.8, 4) is 0 Å². The van der Waals surface area contributed by atoms with Gasteiger partial charge in [-0.15, -0.1) is 0 Å². The summed E-state index contributed by atoms with van der Waals surface area (Å²) in [7, 11) is 0. The van der Waals surface area contributed by atoms with E-state index in [4.69, 9.17) is 11.6 Å². The third kappa shape index (κ3) is 3.62. The number of rotatable bonds is 4. The zero-order chi connectivity index (χ0) is 16.2. The number of anilines is 1. The highest BCUT2D eigenvalue weighted by Gasteiger charge is 2.17. The van der Waals surface area contributed by atoms with E-state index in [0.717, 1.165) is 18.7 Å². The quantitative estimate of drug-likeness (QED) is 0.936. The maximum Gasteiger partial charge on any atom is 0.254 e. The van der Waals surface area contributed by atoms with Crippen LogP contribution in [0.5, 0.6) is 0 Å². The van der Waals surface area contributed by atoms with Gasteiger partial charge in [0.05, 0.1) is 11.3 Å². The summed E-state index contributed by atoms with van der Waals surface area (Å²) in [5, 5.41) is 3.51. The van der Waals surface area contributed by atoms with Crippen LogP contribution in [0.1, 0.15) is 34.5 Å². The second kappa shape index (κ2) is 6.96. The Morgan fingerprint density at radius 3 is 2.74 bits per heavy atom. The Labute approximate surface area is 140 Å². The molecule has 120 valence electrons. The van der Waals surface area contributed by atoms with Crippen LogP contribution in [0.15, 0.2) is 30.5 Å². The normalized spacial score (nSPS) is 14.1. The van der Waals surface area contributed by atoms with Gasteiger partial charge in [-0.1, -0.05) is 29.8 Å². The first-order valence-corrected chi connectivity index (χ1v) is 8.13. The maximum atomic E-state index is 12.3. The molecule has 1 aliphatic rings. The first-order valence-electron chi connectivity index (χ1n) is 7.75. The Balaban J connectivity index is 1.68. The van der Waals surface area contributed by atoms with Gasteiger partial charge in [-0.2, -0.15) is 0 Å². The van der Waals surface area contributed by atoms with Crippen LogP contribution in [-0.2, 0) is 6.54 Å². The van der Waals surface area contributed by atoms with Crippen molar-refractivity contribution in [2.45, 2.75) is 26.3 Å². The number of hydrogen-bond acceptors (Lipinski definition) is 4. The molecular weight excluding hydrogens is 312 g/mol. The highest BCUT2D eigenvalue weighted by Crippen LogP contribution is 2.17. The van der Waals surface area contributed by atoms with E-state index in [1.54, 1.807) is 6.20 Å². The molecule has 1 fully saturated rings. The van der Waals surface area contributed by atoms with E-state index >= 15 is 0 Å². The Hall–Kier alpha value is -2.14. The molecule has 0 unspecified atom stereocenters.